The lowest BCUT2D eigenvalue weighted by Crippen LogP contribution is -2.23. The monoisotopic (exact) mass is 232 g/mol. The summed E-state index contributed by atoms with van der Waals surface area (Å²) in [5.74, 6) is -1.50. The number of hydrogen-bond donors (Lipinski definition) is 1. The third-order valence-electron chi connectivity index (χ3n) is 2.58. The maximum absolute atomic E-state index is 12.5. The van der Waals surface area contributed by atoms with E-state index in [1.807, 2.05) is 13.8 Å². The van der Waals surface area contributed by atoms with Crippen LogP contribution in [0.3, 0.4) is 0 Å². The van der Waals surface area contributed by atoms with Gasteiger partial charge in [0.2, 0.25) is 0 Å². The summed E-state index contributed by atoms with van der Waals surface area (Å²) in [5, 5.41) is 8.77. The molecule has 1 rings (SSSR count). The van der Waals surface area contributed by atoms with Gasteiger partial charge in [-0.05, 0) is 17.0 Å². The first-order chi connectivity index (χ1) is 7.36. The minimum Gasteiger partial charge on any atom is -0.395 e. The molecule has 0 spiro atoms. The third-order valence-corrected chi connectivity index (χ3v) is 2.58. The van der Waals surface area contributed by atoms with Gasteiger partial charge in [-0.2, -0.15) is 13.2 Å². The van der Waals surface area contributed by atoms with Gasteiger partial charge in [-0.25, -0.2) is 0 Å². The van der Waals surface area contributed by atoms with E-state index >= 15 is 0 Å². The van der Waals surface area contributed by atoms with Crippen molar-refractivity contribution in [2.75, 3.05) is 6.61 Å². The Morgan fingerprint density at radius 2 is 1.50 bits per heavy atom. The van der Waals surface area contributed by atoms with Crippen LogP contribution in [0.1, 0.15) is 36.8 Å². The molecule has 0 aliphatic heterocycles. The van der Waals surface area contributed by atoms with E-state index < -0.39 is 18.7 Å². The van der Waals surface area contributed by atoms with Gasteiger partial charge in [0.05, 0.1) is 6.61 Å². The first-order valence-electron chi connectivity index (χ1n) is 5.13. The van der Waals surface area contributed by atoms with Gasteiger partial charge in [0, 0.05) is 0 Å². The van der Waals surface area contributed by atoms with Crippen LogP contribution in [0, 0.1) is 0 Å². The number of halogens is 3. The van der Waals surface area contributed by atoms with Crippen molar-refractivity contribution >= 4 is 0 Å². The van der Waals surface area contributed by atoms with Gasteiger partial charge < -0.3 is 5.11 Å². The number of hydrogen-bond acceptors (Lipinski definition) is 1. The molecule has 0 aliphatic carbocycles. The third kappa shape index (κ3) is 2.98. The Balaban J connectivity index is 2.96. The van der Waals surface area contributed by atoms with Gasteiger partial charge in [0.1, 0.15) is 5.92 Å². The lowest BCUT2D eigenvalue weighted by Gasteiger charge is -2.18. The summed E-state index contributed by atoms with van der Waals surface area (Å²) in [4.78, 5) is 0. The summed E-state index contributed by atoms with van der Waals surface area (Å²) >= 11 is 0. The van der Waals surface area contributed by atoms with Crippen molar-refractivity contribution in [2.24, 2.45) is 0 Å². The molecule has 0 saturated heterocycles. The van der Waals surface area contributed by atoms with Crippen molar-refractivity contribution in [3.63, 3.8) is 0 Å². The Morgan fingerprint density at radius 1 is 1.06 bits per heavy atom. The molecule has 1 aromatic rings. The summed E-state index contributed by atoms with van der Waals surface area (Å²) in [7, 11) is 0. The first kappa shape index (κ1) is 13.0. The van der Waals surface area contributed by atoms with Gasteiger partial charge in [0.15, 0.2) is 0 Å². The smallest absolute Gasteiger partial charge is 0.395 e. The van der Waals surface area contributed by atoms with E-state index in [0.29, 0.717) is 0 Å². The average Bonchev–Trinajstić information content (AvgIpc) is 2.17. The minimum absolute atomic E-state index is 0.111. The van der Waals surface area contributed by atoms with E-state index in [1.165, 1.54) is 12.1 Å². The normalized spacial score (nSPS) is 14.2. The van der Waals surface area contributed by atoms with E-state index in [-0.39, 0.29) is 11.5 Å². The maximum atomic E-state index is 12.5. The Bertz CT molecular complexity index is 327. The summed E-state index contributed by atoms with van der Waals surface area (Å²) in [6.07, 6.45) is -4.39. The Labute approximate surface area is 92.9 Å². The van der Waals surface area contributed by atoms with Gasteiger partial charge >= 0.3 is 6.18 Å². The number of aliphatic hydroxyl groups is 1. The number of benzene rings is 1. The molecule has 1 unspecified atom stereocenters. The quantitative estimate of drug-likeness (QED) is 0.846. The van der Waals surface area contributed by atoms with Gasteiger partial charge in [-0.3, -0.25) is 0 Å². The molecule has 1 N–H and O–H groups in total. The fourth-order valence-electron chi connectivity index (χ4n) is 1.51. The summed E-state index contributed by atoms with van der Waals surface area (Å²) in [5.41, 5.74) is 1.10. The van der Waals surface area contributed by atoms with Crippen LogP contribution in [-0.2, 0) is 0 Å². The van der Waals surface area contributed by atoms with Crippen molar-refractivity contribution in [3.05, 3.63) is 35.4 Å². The summed E-state index contributed by atoms with van der Waals surface area (Å²) < 4.78 is 37.5. The highest BCUT2D eigenvalue weighted by Gasteiger charge is 2.40. The molecule has 90 valence electrons. The van der Waals surface area contributed by atoms with Crippen LogP contribution in [0.5, 0.6) is 0 Å². The fourth-order valence-corrected chi connectivity index (χ4v) is 1.51. The zero-order chi connectivity index (χ0) is 12.3. The molecule has 1 nitrogen and oxygen atoms in total. The van der Waals surface area contributed by atoms with Crippen LogP contribution in [0.4, 0.5) is 13.2 Å². The molecule has 0 aromatic heterocycles. The zero-order valence-corrected chi connectivity index (χ0v) is 9.25. The molecule has 0 amide bonds. The van der Waals surface area contributed by atoms with Crippen LogP contribution in [0.15, 0.2) is 24.3 Å². The molecular formula is C12H15F3O. The lowest BCUT2D eigenvalue weighted by molar-refractivity contribution is -0.158. The van der Waals surface area contributed by atoms with E-state index in [4.69, 9.17) is 5.11 Å². The average molecular weight is 232 g/mol. The van der Waals surface area contributed by atoms with Crippen LogP contribution in [-0.4, -0.2) is 17.9 Å². The van der Waals surface area contributed by atoms with E-state index in [2.05, 4.69) is 0 Å². The van der Waals surface area contributed by atoms with Crippen LogP contribution in [0.2, 0.25) is 0 Å². The van der Waals surface area contributed by atoms with Gasteiger partial charge in [0.25, 0.3) is 0 Å². The molecule has 0 saturated carbocycles. The molecule has 16 heavy (non-hydrogen) atoms. The van der Waals surface area contributed by atoms with Crippen molar-refractivity contribution in [2.45, 2.75) is 31.9 Å². The number of rotatable bonds is 3. The van der Waals surface area contributed by atoms with Crippen molar-refractivity contribution in [1.82, 2.24) is 0 Å². The largest absolute Gasteiger partial charge is 0.397 e. The molecule has 0 heterocycles. The Morgan fingerprint density at radius 3 is 1.81 bits per heavy atom. The van der Waals surface area contributed by atoms with E-state index in [0.717, 1.165) is 5.56 Å². The highest BCUT2D eigenvalue weighted by atomic mass is 19.4. The van der Waals surface area contributed by atoms with Gasteiger partial charge in [-0.1, -0.05) is 38.1 Å². The van der Waals surface area contributed by atoms with Crippen LogP contribution < -0.4 is 0 Å². The molecule has 0 fully saturated rings. The first-order valence-corrected chi connectivity index (χ1v) is 5.13. The standard InChI is InChI=1S/C12H15F3O/c1-8(2)9-3-5-10(6-4-9)11(7-16)12(13,14)15/h3-6,8,11,16H,7H2,1-2H3. The second kappa shape index (κ2) is 4.87. The molecular weight excluding hydrogens is 217 g/mol. The topological polar surface area (TPSA) is 20.2 Å². The molecule has 4 heteroatoms. The number of alkyl halides is 3. The summed E-state index contributed by atoms with van der Waals surface area (Å²) in [6.45, 7) is 3.04. The second-order valence-corrected chi connectivity index (χ2v) is 4.10. The zero-order valence-electron chi connectivity index (χ0n) is 9.25. The molecule has 0 aliphatic rings. The predicted octanol–water partition coefficient (Wildman–Crippen LogP) is 3.45. The SMILES string of the molecule is CC(C)c1ccc(C(CO)C(F)(F)F)cc1. The van der Waals surface area contributed by atoms with Gasteiger partial charge in [-0.15, -0.1) is 0 Å². The maximum Gasteiger partial charge on any atom is 0.397 e. The Kier molecular flexibility index (Phi) is 3.97. The highest BCUT2D eigenvalue weighted by molar-refractivity contribution is 5.28. The molecule has 1 atom stereocenters. The molecule has 0 bridgehead atoms. The highest BCUT2D eigenvalue weighted by Crippen LogP contribution is 2.34. The summed E-state index contributed by atoms with van der Waals surface area (Å²) in [6, 6.07) is 6.22. The lowest BCUT2D eigenvalue weighted by atomic mass is 9.95. The van der Waals surface area contributed by atoms with Crippen molar-refractivity contribution in [3.8, 4) is 0 Å². The van der Waals surface area contributed by atoms with Crippen molar-refractivity contribution in [1.29, 1.82) is 0 Å². The number of aliphatic hydroxyl groups excluding tert-OH is 1. The van der Waals surface area contributed by atoms with Crippen molar-refractivity contribution < 1.29 is 18.3 Å². The van der Waals surface area contributed by atoms with E-state index in [1.54, 1.807) is 12.1 Å². The predicted molar refractivity (Wildman–Crippen MR) is 56.4 cm³/mol. The Hall–Kier alpha value is -1.03. The van der Waals surface area contributed by atoms with Crippen LogP contribution in [0.25, 0.3) is 0 Å². The fraction of sp³-hybridized carbons (Fsp3) is 0.500. The second-order valence-electron chi connectivity index (χ2n) is 4.10. The van der Waals surface area contributed by atoms with E-state index in [9.17, 15) is 13.2 Å². The molecule has 0 radical (unpaired) electrons. The molecule has 1 aromatic carbocycles. The van der Waals surface area contributed by atoms with Crippen LogP contribution >= 0.6 is 0 Å². The minimum atomic E-state index is -4.39.